The third-order valence-electron chi connectivity index (χ3n) is 5.83. The molecule has 7 nitrogen and oxygen atoms in total. The van der Waals surface area contributed by atoms with Crippen molar-refractivity contribution >= 4 is 6.09 Å². The number of nitrogens with zero attached hydrogens (tertiary/aromatic N) is 1. The van der Waals surface area contributed by atoms with Gasteiger partial charge in [-0.05, 0) is 37.9 Å². The number of rotatable bonds is 6. The van der Waals surface area contributed by atoms with Crippen molar-refractivity contribution in [3.8, 4) is 0 Å². The van der Waals surface area contributed by atoms with Crippen molar-refractivity contribution in [3.63, 3.8) is 0 Å². The molecule has 5 N–H and O–H groups in total. The Morgan fingerprint density at radius 1 is 1.39 bits per heavy atom. The summed E-state index contributed by atoms with van der Waals surface area (Å²) in [4.78, 5) is 13.9. The summed E-state index contributed by atoms with van der Waals surface area (Å²) in [6.07, 6.45) is -5.07. The Morgan fingerprint density at radius 2 is 2.16 bits per heavy atom. The highest BCUT2D eigenvalue weighted by molar-refractivity contribution is 5.67. The first-order valence-electron chi connectivity index (χ1n) is 10.4. The van der Waals surface area contributed by atoms with Gasteiger partial charge in [-0.15, -0.1) is 0 Å². The van der Waals surface area contributed by atoms with Crippen molar-refractivity contribution in [1.82, 2.24) is 20.9 Å². The molecular weight excluding hydrogens is 418 g/mol. The fraction of sp³-hybridized carbons (Fsp3) is 0.650. The molecule has 1 aromatic rings. The highest BCUT2D eigenvalue weighted by Crippen LogP contribution is 2.32. The Bertz CT molecular complexity index is 764. The van der Waals surface area contributed by atoms with E-state index in [0.29, 0.717) is 31.6 Å². The van der Waals surface area contributed by atoms with Crippen molar-refractivity contribution < 1.29 is 27.1 Å². The summed E-state index contributed by atoms with van der Waals surface area (Å²) in [5, 5.41) is 9.20. The molecule has 0 saturated carbocycles. The largest absolute Gasteiger partial charge is 0.450 e. The fourth-order valence-electron chi connectivity index (χ4n) is 4.18. The minimum Gasteiger partial charge on any atom is -0.450 e. The molecular formula is C20H29F4N5O2. The number of carbonyl (C=O) groups excluding carboxylic acids is 1. The molecule has 2 heterocycles. The van der Waals surface area contributed by atoms with Crippen LogP contribution in [0.4, 0.5) is 22.4 Å². The SMILES string of the molecule is CCOC(=O)NCC1CNC(c2ccc(C(F)(F)F)cc2F)NC1N1CCC(CN)C1. The van der Waals surface area contributed by atoms with Gasteiger partial charge in [0.15, 0.2) is 0 Å². The van der Waals surface area contributed by atoms with E-state index in [4.69, 9.17) is 10.5 Å². The Kier molecular flexibility index (Phi) is 7.73. The normalized spacial score (nSPS) is 27.3. The van der Waals surface area contributed by atoms with E-state index in [9.17, 15) is 22.4 Å². The molecule has 0 aliphatic carbocycles. The summed E-state index contributed by atoms with van der Waals surface area (Å²) in [6, 6.07) is 2.55. The monoisotopic (exact) mass is 447 g/mol. The van der Waals surface area contributed by atoms with E-state index in [1.165, 1.54) is 0 Å². The van der Waals surface area contributed by atoms with Gasteiger partial charge in [0, 0.05) is 37.7 Å². The Balaban J connectivity index is 1.75. The van der Waals surface area contributed by atoms with Gasteiger partial charge in [0.05, 0.1) is 24.5 Å². The lowest BCUT2D eigenvalue weighted by Crippen LogP contribution is -2.62. The number of benzene rings is 1. The lowest BCUT2D eigenvalue weighted by atomic mass is 9.98. The molecule has 31 heavy (non-hydrogen) atoms. The predicted molar refractivity (Wildman–Crippen MR) is 106 cm³/mol. The molecule has 4 unspecified atom stereocenters. The van der Waals surface area contributed by atoms with Gasteiger partial charge in [-0.3, -0.25) is 15.5 Å². The number of alkyl halides is 3. The number of carbonyl (C=O) groups is 1. The third-order valence-corrected chi connectivity index (χ3v) is 5.83. The molecule has 2 saturated heterocycles. The Morgan fingerprint density at radius 3 is 2.77 bits per heavy atom. The Hall–Kier alpha value is -1.95. The maximum Gasteiger partial charge on any atom is 0.416 e. The van der Waals surface area contributed by atoms with E-state index in [2.05, 4.69) is 20.9 Å². The van der Waals surface area contributed by atoms with Gasteiger partial charge in [0.1, 0.15) is 5.82 Å². The molecule has 2 aliphatic rings. The first-order valence-corrected chi connectivity index (χ1v) is 10.4. The van der Waals surface area contributed by atoms with Gasteiger partial charge >= 0.3 is 12.3 Å². The summed E-state index contributed by atoms with van der Waals surface area (Å²) in [5.74, 6) is -0.644. The Labute approximate surface area is 178 Å². The number of likely N-dealkylation sites (tertiary alicyclic amines) is 1. The number of alkyl carbamates (subject to hydrolysis) is 1. The lowest BCUT2D eigenvalue weighted by molar-refractivity contribution is -0.137. The van der Waals surface area contributed by atoms with Crippen molar-refractivity contribution in [2.24, 2.45) is 17.6 Å². The second-order valence-electron chi connectivity index (χ2n) is 7.93. The minimum atomic E-state index is -4.61. The molecule has 0 radical (unpaired) electrons. The quantitative estimate of drug-likeness (QED) is 0.499. The average molecular weight is 447 g/mol. The first kappa shape index (κ1) is 23.7. The van der Waals surface area contributed by atoms with Crippen LogP contribution in [0, 0.1) is 17.7 Å². The second kappa shape index (κ2) is 10.1. The number of hydrogen-bond acceptors (Lipinski definition) is 6. The molecule has 11 heteroatoms. The van der Waals surface area contributed by atoms with E-state index in [-0.39, 0.29) is 24.3 Å². The van der Waals surface area contributed by atoms with Crippen LogP contribution in [0.25, 0.3) is 0 Å². The topological polar surface area (TPSA) is 91.6 Å². The third kappa shape index (κ3) is 5.85. The zero-order chi connectivity index (χ0) is 22.6. The van der Waals surface area contributed by atoms with Gasteiger partial charge in [0.2, 0.25) is 0 Å². The molecule has 0 aromatic heterocycles. The van der Waals surface area contributed by atoms with Crippen LogP contribution in [0.2, 0.25) is 0 Å². The number of halogens is 4. The van der Waals surface area contributed by atoms with Gasteiger partial charge in [0.25, 0.3) is 0 Å². The lowest BCUT2D eigenvalue weighted by Gasteiger charge is -2.43. The van der Waals surface area contributed by atoms with Crippen molar-refractivity contribution in [2.75, 3.05) is 39.3 Å². The molecule has 1 aromatic carbocycles. The molecule has 0 bridgehead atoms. The molecule has 2 aliphatic heterocycles. The predicted octanol–water partition coefficient (Wildman–Crippen LogP) is 2.00. The smallest absolute Gasteiger partial charge is 0.416 e. The first-order chi connectivity index (χ1) is 14.7. The van der Waals surface area contributed by atoms with Crippen molar-refractivity contribution in [3.05, 3.63) is 35.1 Å². The van der Waals surface area contributed by atoms with Crippen LogP contribution in [-0.4, -0.2) is 56.5 Å². The van der Waals surface area contributed by atoms with E-state index in [0.717, 1.165) is 31.6 Å². The van der Waals surface area contributed by atoms with Crippen LogP contribution in [0.15, 0.2) is 18.2 Å². The minimum absolute atomic E-state index is 0.0605. The zero-order valence-corrected chi connectivity index (χ0v) is 17.3. The van der Waals surface area contributed by atoms with E-state index >= 15 is 0 Å². The number of hydrogen-bond donors (Lipinski definition) is 4. The summed E-state index contributed by atoms with van der Waals surface area (Å²) in [6.45, 7) is 4.84. The van der Waals surface area contributed by atoms with Crippen LogP contribution in [0.1, 0.15) is 30.6 Å². The van der Waals surface area contributed by atoms with Crippen LogP contribution in [0.5, 0.6) is 0 Å². The van der Waals surface area contributed by atoms with Gasteiger partial charge in [-0.2, -0.15) is 13.2 Å². The van der Waals surface area contributed by atoms with E-state index in [1.807, 2.05) is 0 Å². The maximum absolute atomic E-state index is 14.5. The van der Waals surface area contributed by atoms with Gasteiger partial charge < -0.3 is 15.8 Å². The van der Waals surface area contributed by atoms with Crippen LogP contribution in [-0.2, 0) is 10.9 Å². The van der Waals surface area contributed by atoms with Crippen LogP contribution >= 0.6 is 0 Å². The molecule has 1 amide bonds. The molecule has 2 fully saturated rings. The second-order valence-corrected chi connectivity index (χ2v) is 7.93. The van der Waals surface area contributed by atoms with Gasteiger partial charge in [-0.25, -0.2) is 9.18 Å². The summed E-state index contributed by atoms with van der Waals surface area (Å²) >= 11 is 0. The van der Waals surface area contributed by atoms with Crippen LogP contribution in [0.3, 0.4) is 0 Å². The zero-order valence-electron chi connectivity index (χ0n) is 17.3. The maximum atomic E-state index is 14.5. The van der Waals surface area contributed by atoms with Gasteiger partial charge in [-0.1, -0.05) is 6.07 Å². The summed E-state index contributed by atoms with van der Waals surface area (Å²) in [7, 11) is 0. The summed E-state index contributed by atoms with van der Waals surface area (Å²) < 4.78 is 58.1. The van der Waals surface area contributed by atoms with Crippen molar-refractivity contribution in [1.29, 1.82) is 0 Å². The molecule has 174 valence electrons. The van der Waals surface area contributed by atoms with Crippen molar-refractivity contribution in [2.45, 2.75) is 31.9 Å². The fourth-order valence-corrected chi connectivity index (χ4v) is 4.18. The summed E-state index contributed by atoms with van der Waals surface area (Å²) in [5.41, 5.74) is 4.90. The molecule has 4 atom stereocenters. The molecule has 0 spiro atoms. The standard InChI is InChI=1S/C20H29F4N5O2/c1-2-31-19(30)27-10-13-9-26-17(28-18(13)29-6-5-12(8-25)11-29)15-4-3-14(7-16(15)21)20(22,23)24/h3-4,7,12-13,17-18,26,28H,2,5-6,8-11,25H2,1H3,(H,27,30). The van der Waals surface area contributed by atoms with E-state index < -0.39 is 29.8 Å². The average Bonchev–Trinajstić information content (AvgIpc) is 3.21. The number of nitrogens with one attached hydrogen (secondary N) is 3. The number of nitrogens with two attached hydrogens (primary N) is 1. The highest BCUT2D eigenvalue weighted by atomic mass is 19.4. The molecule has 3 rings (SSSR count). The number of ether oxygens (including phenoxy) is 1. The highest BCUT2D eigenvalue weighted by Gasteiger charge is 2.38. The van der Waals surface area contributed by atoms with Crippen LogP contribution < -0.4 is 21.7 Å². The number of amides is 1. The van der Waals surface area contributed by atoms with E-state index in [1.54, 1.807) is 6.92 Å².